The summed E-state index contributed by atoms with van der Waals surface area (Å²) in [6.45, 7) is 4.70. The molecule has 6 nitrogen and oxygen atoms in total. The van der Waals surface area contributed by atoms with Gasteiger partial charge in [-0.05, 0) is 18.8 Å². The Hall–Kier alpha value is -0.680. The lowest BCUT2D eigenvalue weighted by Gasteiger charge is -2.40. The van der Waals surface area contributed by atoms with Gasteiger partial charge in [-0.3, -0.25) is 15.4 Å². The summed E-state index contributed by atoms with van der Waals surface area (Å²) >= 11 is 3.78. The van der Waals surface area contributed by atoms with Crippen LogP contribution < -0.4 is 10.6 Å². The Labute approximate surface area is 146 Å². The molecule has 2 saturated heterocycles. The summed E-state index contributed by atoms with van der Waals surface area (Å²) in [5.74, 6) is 0.711. The van der Waals surface area contributed by atoms with Gasteiger partial charge in [-0.15, -0.1) is 0 Å². The minimum atomic E-state index is -0.323. The van der Waals surface area contributed by atoms with E-state index in [1.807, 2.05) is 11.9 Å². The van der Waals surface area contributed by atoms with Gasteiger partial charge in [-0.25, -0.2) is 0 Å². The number of alkyl halides is 1. The topological polar surface area (TPSA) is 77.4 Å². The number of hydrogen-bond donors (Lipinski definition) is 2. The van der Waals surface area contributed by atoms with E-state index in [1.165, 1.54) is 0 Å². The third-order valence-corrected chi connectivity index (χ3v) is 7.05. The van der Waals surface area contributed by atoms with Crippen LogP contribution in [0.25, 0.3) is 0 Å². The van der Waals surface area contributed by atoms with Crippen LogP contribution in [-0.2, 0) is 9.53 Å². The lowest BCUT2D eigenvalue weighted by Crippen LogP contribution is -2.50. The normalized spacial score (nSPS) is 40.6. The maximum atomic E-state index is 12.9. The number of carbonyl (C=O) groups is 1. The molecule has 0 spiro atoms. The zero-order chi connectivity index (χ0) is 16.6. The highest BCUT2D eigenvalue weighted by molar-refractivity contribution is 9.09. The average molecular weight is 385 g/mol. The van der Waals surface area contributed by atoms with Crippen molar-refractivity contribution < 1.29 is 9.53 Å². The van der Waals surface area contributed by atoms with Gasteiger partial charge in [0.25, 0.3) is 0 Å². The fraction of sp³-hybridized carbons (Fsp3) is 0.875. The van der Waals surface area contributed by atoms with Crippen LogP contribution in [0.3, 0.4) is 0 Å². The van der Waals surface area contributed by atoms with E-state index in [0.29, 0.717) is 12.5 Å². The van der Waals surface area contributed by atoms with E-state index in [1.54, 1.807) is 0 Å². The molecular formula is C16H25BrN4O2. The van der Waals surface area contributed by atoms with E-state index in [2.05, 4.69) is 39.6 Å². The van der Waals surface area contributed by atoms with Crippen LogP contribution in [0.2, 0.25) is 0 Å². The van der Waals surface area contributed by atoms with Crippen molar-refractivity contribution in [3.05, 3.63) is 0 Å². The molecule has 3 fully saturated rings. The first-order valence-electron chi connectivity index (χ1n) is 8.42. The molecule has 1 saturated carbocycles. The quantitative estimate of drug-likeness (QED) is 0.699. The van der Waals surface area contributed by atoms with Gasteiger partial charge in [-0.2, -0.15) is 5.26 Å². The number of rotatable bonds is 3. The number of hydrogen-bond acceptors (Lipinski definition) is 5. The van der Waals surface area contributed by atoms with E-state index in [4.69, 9.17) is 10.00 Å². The molecule has 1 aliphatic carbocycles. The van der Waals surface area contributed by atoms with Crippen molar-refractivity contribution in [3.63, 3.8) is 0 Å². The second kappa shape index (κ2) is 7.06. The number of amides is 1. The number of ether oxygens (including phenoxy) is 1. The molecule has 0 aromatic carbocycles. The lowest BCUT2D eigenvalue weighted by molar-refractivity contribution is -0.139. The Morgan fingerprint density at radius 1 is 1.39 bits per heavy atom. The third kappa shape index (κ3) is 3.41. The molecule has 1 amide bonds. The van der Waals surface area contributed by atoms with Crippen molar-refractivity contribution in [2.24, 2.45) is 17.8 Å². The Balaban J connectivity index is 1.64. The molecule has 2 N–H and O–H groups in total. The van der Waals surface area contributed by atoms with Crippen LogP contribution in [0.4, 0.5) is 0 Å². The molecule has 7 heteroatoms. The average Bonchev–Trinajstić information content (AvgIpc) is 3.19. The van der Waals surface area contributed by atoms with E-state index in [0.717, 1.165) is 25.9 Å². The molecule has 2 heterocycles. The molecule has 0 aromatic heterocycles. The zero-order valence-corrected chi connectivity index (χ0v) is 15.3. The first-order chi connectivity index (χ1) is 11.0. The molecular weight excluding hydrogens is 360 g/mol. The van der Waals surface area contributed by atoms with Crippen molar-refractivity contribution in [3.8, 4) is 6.07 Å². The predicted molar refractivity (Wildman–Crippen MR) is 89.8 cm³/mol. The van der Waals surface area contributed by atoms with E-state index in [9.17, 15) is 4.79 Å². The molecule has 128 valence electrons. The van der Waals surface area contributed by atoms with Crippen LogP contribution in [0.5, 0.6) is 0 Å². The van der Waals surface area contributed by atoms with Gasteiger partial charge in [0.1, 0.15) is 6.10 Å². The fourth-order valence-corrected chi connectivity index (χ4v) is 5.08. The number of halogens is 1. The molecule has 3 rings (SSSR count). The maximum absolute atomic E-state index is 12.9. The summed E-state index contributed by atoms with van der Waals surface area (Å²) in [5.41, 5.74) is 0. The number of likely N-dealkylation sites (N-methyl/N-ethyl adjacent to an activating group) is 1. The van der Waals surface area contributed by atoms with Crippen molar-refractivity contribution in [2.75, 3.05) is 26.7 Å². The summed E-state index contributed by atoms with van der Waals surface area (Å²) < 4.78 is 5.84. The number of nitrogens with zero attached hydrogens (tertiary/aromatic N) is 2. The van der Waals surface area contributed by atoms with Crippen LogP contribution in [0.1, 0.15) is 19.8 Å². The van der Waals surface area contributed by atoms with Crippen molar-refractivity contribution in [2.45, 2.75) is 43.0 Å². The summed E-state index contributed by atoms with van der Waals surface area (Å²) in [5, 5.41) is 15.8. The van der Waals surface area contributed by atoms with Gasteiger partial charge in [0.05, 0.1) is 18.3 Å². The largest absolute Gasteiger partial charge is 0.360 e. The van der Waals surface area contributed by atoms with Gasteiger partial charge in [-0.1, -0.05) is 22.9 Å². The van der Waals surface area contributed by atoms with Crippen LogP contribution in [0.15, 0.2) is 0 Å². The van der Waals surface area contributed by atoms with E-state index < -0.39 is 0 Å². The van der Waals surface area contributed by atoms with Gasteiger partial charge in [0.2, 0.25) is 5.91 Å². The Bertz CT molecular complexity index is 491. The first-order valence-corrected chi connectivity index (χ1v) is 9.33. The van der Waals surface area contributed by atoms with Gasteiger partial charge >= 0.3 is 0 Å². The molecule has 23 heavy (non-hydrogen) atoms. The molecule has 0 radical (unpaired) electrons. The number of nitriles is 1. The van der Waals surface area contributed by atoms with Crippen LogP contribution in [-0.4, -0.2) is 60.7 Å². The minimum absolute atomic E-state index is 0.0188. The monoisotopic (exact) mass is 384 g/mol. The van der Waals surface area contributed by atoms with Gasteiger partial charge in [0.15, 0.2) is 0 Å². The van der Waals surface area contributed by atoms with Crippen LogP contribution >= 0.6 is 15.9 Å². The summed E-state index contributed by atoms with van der Waals surface area (Å²) in [4.78, 5) is 15.0. The second-order valence-electron chi connectivity index (χ2n) is 7.02. The molecule has 0 bridgehead atoms. The maximum Gasteiger partial charge on any atom is 0.225 e. The highest BCUT2D eigenvalue weighted by atomic mass is 79.9. The highest BCUT2D eigenvalue weighted by Crippen LogP contribution is 2.46. The van der Waals surface area contributed by atoms with Gasteiger partial charge < -0.3 is 9.64 Å². The van der Waals surface area contributed by atoms with Crippen molar-refractivity contribution in [1.82, 2.24) is 15.5 Å². The lowest BCUT2D eigenvalue weighted by atomic mass is 9.72. The standard InChI is InChI=1S/C16H25BrN4O2/c1-9-11(16(22)21(2)8-14-19-3-4-20-14)6-13-12(15(9)17)5-10(7-18)23-13/h9-15,19-20H,3-6,8H2,1-2H3. The van der Waals surface area contributed by atoms with E-state index in [-0.39, 0.29) is 40.9 Å². The molecule has 0 aromatic rings. The summed E-state index contributed by atoms with van der Waals surface area (Å²) in [7, 11) is 1.87. The summed E-state index contributed by atoms with van der Waals surface area (Å²) in [6.07, 6.45) is 1.37. The molecule has 6 atom stereocenters. The number of nitrogens with one attached hydrogen (secondary N) is 2. The molecule has 6 unspecified atom stereocenters. The Morgan fingerprint density at radius 2 is 2.09 bits per heavy atom. The van der Waals surface area contributed by atoms with Crippen molar-refractivity contribution >= 4 is 21.8 Å². The van der Waals surface area contributed by atoms with Crippen LogP contribution in [0, 0.1) is 29.1 Å². The summed E-state index contributed by atoms with van der Waals surface area (Å²) in [6, 6.07) is 2.22. The Kier molecular flexibility index (Phi) is 5.26. The van der Waals surface area contributed by atoms with Crippen molar-refractivity contribution in [1.29, 1.82) is 5.26 Å². The minimum Gasteiger partial charge on any atom is -0.360 e. The van der Waals surface area contributed by atoms with Gasteiger partial charge in [0, 0.05) is 43.3 Å². The number of carbonyl (C=O) groups excluding carboxylic acids is 1. The second-order valence-corrected chi connectivity index (χ2v) is 8.07. The highest BCUT2D eigenvalue weighted by Gasteiger charge is 2.50. The third-order valence-electron chi connectivity index (χ3n) is 5.54. The smallest absolute Gasteiger partial charge is 0.225 e. The fourth-order valence-electron chi connectivity index (χ4n) is 4.16. The SMILES string of the molecule is CC1C(C(=O)N(C)CC2NCCN2)CC2OC(C#N)CC2C1Br. The molecule has 2 aliphatic heterocycles. The zero-order valence-electron chi connectivity index (χ0n) is 13.7. The molecule has 3 aliphatic rings. The Morgan fingerprint density at radius 3 is 2.74 bits per heavy atom. The first kappa shape index (κ1) is 17.2. The van der Waals surface area contributed by atoms with E-state index >= 15 is 0 Å². The predicted octanol–water partition coefficient (Wildman–Crippen LogP) is 0.680. The number of fused-ring (bicyclic) bond motifs is 1.